The lowest BCUT2D eigenvalue weighted by molar-refractivity contribution is 0.269. The van der Waals surface area contributed by atoms with Crippen LogP contribution in [0.4, 0.5) is 5.69 Å². The fraction of sp³-hybridized carbons (Fsp3) is 0.636. The van der Waals surface area contributed by atoms with Crippen LogP contribution in [0.1, 0.15) is 0 Å². The van der Waals surface area contributed by atoms with Crippen LogP contribution in [-0.4, -0.2) is 53.9 Å². The number of aromatic nitrogens is 2. The van der Waals surface area contributed by atoms with Crippen molar-refractivity contribution in [2.75, 3.05) is 38.1 Å². The molecule has 18 heavy (non-hydrogen) atoms. The van der Waals surface area contributed by atoms with E-state index in [4.69, 9.17) is 17.3 Å². The molecule has 0 aliphatic carbocycles. The first kappa shape index (κ1) is 13.3. The lowest BCUT2D eigenvalue weighted by Gasteiger charge is -2.41. The lowest BCUT2D eigenvalue weighted by atomic mass is 10.1. The zero-order chi connectivity index (χ0) is 13.3. The molecule has 1 fully saturated rings. The predicted molar refractivity (Wildman–Crippen MR) is 72.2 cm³/mol. The molecule has 0 bridgehead atoms. The summed E-state index contributed by atoms with van der Waals surface area (Å²) in [5.41, 5.74) is 6.21. The third-order valence-electron chi connectivity index (χ3n) is 3.33. The van der Waals surface area contributed by atoms with Gasteiger partial charge in [0.05, 0.1) is 17.9 Å². The third kappa shape index (κ3) is 2.36. The number of nitrogens with zero attached hydrogens (tertiary/aromatic N) is 4. The summed E-state index contributed by atoms with van der Waals surface area (Å²) in [4.78, 5) is 16.1. The number of aryl methyl sites for hydroxylation is 1. The summed E-state index contributed by atoms with van der Waals surface area (Å²) >= 11 is 6.12. The quantitative estimate of drug-likeness (QED) is 0.787. The van der Waals surface area contributed by atoms with Gasteiger partial charge in [-0.3, -0.25) is 4.79 Å². The number of nitrogens with two attached hydrogens (primary N) is 1. The van der Waals surface area contributed by atoms with Crippen molar-refractivity contribution in [3.05, 3.63) is 21.6 Å². The van der Waals surface area contributed by atoms with Crippen LogP contribution in [0.3, 0.4) is 0 Å². The smallest absolute Gasteiger partial charge is 0.287 e. The monoisotopic (exact) mass is 271 g/mol. The highest BCUT2D eigenvalue weighted by molar-refractivity contribution is 6.33. The maximum Gasteiger partial charge on any atom is 0.287 e. The molecule has 1 aliphatic rings. The second-order valence-corrected chi connectivity index (χ2v) is 5.00. The van der Waals surface area contributed by atoms with Crippen molar-refractivity contribution < 1.29 is 0 Å². The van der Waals surface area contributed by atoms with Crippen LogP contribution in [0.5, 0.6) is 0 Å². The molecule has 1 aromatic heterocycles. The van der Waals surface area contributed by atoms with E-state index in [0.29, 0.717) is 12.2 Å². The number of rotatable bonds is 2. The largest absolute Gasteiger partial charge is 0.362 e. The van der Waals surface area contributed by atoms with Crippen molar-refractivity contribution in [3.63, 3.8) is 0 Å². The molecule has 7 heteroatoms. The first-order chi connectivity index (χ1) is 8.54. The lowest BCUT2D eigenvalue weighted by Crippen LogP contribution is -2.55. The van der Waals surface area contributed by atoms with Gasteiger partial charge in [0.15, 0.2) is 0 Å². The molecule has 6 nitrogen and oxygen atoms in total. The van der Waals surface area contributed by atoms with Gasteiger partial charge in [0.2, 0.25) is 0 Å². The Balaban J connectivity index is 2.36. The molecule has 1 saturated heterocycles. The summed E-state index contributed by atoms with van der Waals surface area (Å²) in [6.45, 7) is 3.10. The zero-order valence-corrected chi connectivity index (χ0v) is 11.4. The molecule has 100 valence electrons. The van der Waals surface area contributed by atoms with E-state index in [1.165, 1.54) is 4.68 Å². The van der Waals surface area contributed by atoms with Crippen LogP contribution in [0.2, 0.25) is 5.02 Å². The van der Waals surface area contributed by atoms with E-state index in [1.807, 2.05) is 0 Å². The molecule has 0 aromatic carbocycles. The Labute approximate surface area is 111 Å². The van der Waals surface area contributed by atoms with Crippen molar-refractivity contribution in [2.45, 2.75) is 6.04 Å². The summed E-state index contributed by atoms with van der Waals surface area (Å²) in [6, 6.07) is 0.162. The number of likely N-dealkylation sites (N-methyl/N-ethyl adjacent to an activating group) is 1. The van der Waals surface area contributed by atoms with E-state index in [-0.39, 0.29) is 16.6 Å². The Bertz CT molecular complexity index is 489. The van der Waals surface area contributed by atoms with Crippen LogP contribution >= 0.6 is 11.6 Å². The van der Waals surface area contributed by atoms with E-state index < -0.39 is 0 Å². The van der Waals surface area contributed by atoms with Gasteiger partial charge in [-0.1, -0.05) is 11.6 Å². The molecule has 2 N–H and O–H groups in total. The second-order valence-electron chi connectivity index (χ2n) is 4.62. The highest BCUT2D eigenvalue weighted by Gasteiger charge is 2.26. The molecule has 2 heterocycles. The summed E-state index contributed by atoms with van der Waals surface area (Å²) in [6.07, 6.45) is 1.64. The van der Waals surface area contributed by atoms with Gasteiger partial charge in [0.1, 0.15) is 5.02 Å². The van der Waals surface area contributed by atoms with Gasteiger partial charge in [-0.15, -0.1) is 0 Å². The molecular formula is C11H18ClN5O. The molecule has 0 radical (unpaired) electrons. The first-order valence-electron chi connectivity index (χ1n) is 5.91. The average Bonchev–Trinajstić information content (AvgIpc) is 2.37. The second kappa shape index (κ2) is 5.26. The van der Waals surface area contributed by atoms with Crippen molar-refractivity contribution in [3.8, 4) is 0 Å². The SMILES string of the molecule is CN1CCN(c2cnn(C)c(=O)c2Cl)C(CN)C1. The minimum absolute atomic E-state index is 0.162. The van der Waals surface area contributed by atoms with Crippen molar-refractivity contribution in [1.82, 2.24) is 14.7 Å². The van der Waals surface area contributed by atoms with Crippen LogP contribution in [0, 0.1) is 0 Å². The average molecular weight is 272 g/mol. The highest BCUT2D eigenvalue weighted by Crippen LogP contribution is 2.24. The molecular weight excluding hydrogens is 254 g/mol. The minimum Gasteiger partial charge on any atom is -0.362 e. The van der Waals surface area contributed by atoms with E-state index in [2.05, 4.69) is 21.9 Å². The summed E-state index contributed by atoms with van der Waals surface area (Å²) in [5, 5.41) is 4.24. The fourth-order valence-electron chi connectivity index (χ4n) is 2.23. The van der Waals surface area contributed by atoms with E-state index in [0.717, 1.165) is 19.6 Å². The Morgan fingerprint density at radius 2 is 2.22 bits per heavy atom. The summed E-state index contributed by atoms with van der Waals surface area (Å²) in [7, 11) is 3.65. The molecule has 1 atom stereocenters. The highest BCUT2D eigenvalue weighted by atomic mass is 35.5. The Kier molecular flexibility index (Phi) is 3.89. The van der Waals surface area contributed by atoms with Gasteiger partial charge in [-0.25, -0.2) is 4.68 Å². The van der Waals surface area contributed by atoms with Gasteiger partial charge in [-0.2, -0.15) is 5.10 Å². The minimum atomic E-state index is -0.274. The van der Waals surface area contributed by atoms with Crippen LogP contribution in [-0.2, 0) is 7.05 Å². The van der Waals surface area contributed by atoms with Gasteiger partial charge in [0.25, 0.3) is 5.56 Å². The number of piperazine rings is 1. The third-order valence-corrected chi connectivity index (χ3v) is 3.68. The molecule has 0 saturated carbocycles. The zero-order valence-electron chi connectivity index (χ0n) is 10.6. The number of hydrogen-bond donors (Lipinski definition) is 1. The maximum atomic E-state index is 11.8. The standard InChI is InChI=1S/C11H18ClN5O/c1-15-3-4-17(8(5-13)7-15)9-6-14-16(2)11(18)10(9)12/h6,8H,3-5,7,13H2,1-2H3. The first-order valence-corrected chi connectivity index (χ1v) is 6.29. The van der Waals surface area contributed by atoms with Crippen molar-refractivity contribution >= 4 is 17.3 Å². The Hall–Kier alpha value is -1.11. The Morgan fingerprint density at radius 3 is 2.89 bits per heavy atom. The molecule has 1 unspecified atom stereocenters. The van der Waals surface area contributed by atoms with Gasteiger partial charge < -0.3 is 15.5 Å². The molecule has 1 aliphatic heterocycles. The van der Waals surface area contributed by atoms with Crippen molar-refractivity contribution in [2.24, 2.45) is 12.8 Å². The maximum absolute atomic E-state index is 11.8. The number of hydrogen-bond acceptors (Lipinski definition) is 5. The fourth-order valence-corrected chi connectivity index (χ4v) is 2.51. The summed E-state index contributed by atoms with van der Waals surface area (Å²) < 4.78 is 1.24. The molecule has 0 spiro atoms. The van der Waals surface area contributed by atoms with Crippen LogP contribution in [0.25, 0.3) is 0 Å². The molecule has 1 aromatic rings. The molecule has 2 rings (SSSR count). The number of halogens is 1. The topological polar surface area (TPSA) is 67.4 Å². The van der Waals surface area contributed by atoms with E-state index in [1.54, 1.807) is 13.2 Å². The van der Waals surface area contributed by atoms with Crippen LogP contribution in [0.15, 0.2) is 11.0 Å². The van der Waals surface area contributed by atoms with Gasteiger partial charge in [0, 0.05) is 33.2 Å². The predicted octanol–water partition coefficient (Wildman–Crippen LogP) is -0.487. The van der Waals surface area contributed by atoms with Gasteiger partial charge >= 0.3 is 0 Å². The van der Waals surface area contributed by atoms with Crippen LogP contribution < -0.4 is 16.2 Å². The van der Waals surface area contributed by atoms with E-state index in [9.17, 15) is 4.79 Å². The summed E-state index contributed by atoms with van der Waals surface area (Å²) in [5.74, 6) is 0. The van der Waals surface area contributed by atoms with Crippen molar-refractivity contribution in [1.29, 1.82) is 0 Å². The Morgan fingerprint density at radius 1 is 1.50 bits per heavy atom. The number of anilines is 1. The normalized spacial score (nSPS) is 21.3. The van der Waals surface area contributed by atoms with E-state index >= 15 is 0 Å². The molecule has 0 amide bonds. The van der Waals surface area contributed by atoms with Gasteiger partial charge in [-0.05, 0) is 7.05 Å².